The van der Waals surface area contributed by atoms with Crippen LogP contribution in [0.15, 0.2) is 12.3 Å². The minimum absolute atomic E-state index is 0.702. The van der Waals surface area contributed by atoms with Crippen molar-refractivity contribution in [2.75, 3.05) is 0 Å². The molecule has 0 aliphatic carbocycles. The van der Waals surface area contributed by atoms with Crippen molar-refractivity contribution in [1.82, 2.24) is 4.98 Å². The van der Waals surface area contributed by atoms with E-state index in [4.69, 9.17) is 0 Å². The van der Waals surface area contributed by atoms with Crippen LogP contribution in [0.25, 0.3) is 0 Å². The highest BCUT2D eigenvalue weighted by atomic mass is 28.3. The summed E-state index contributed by atoms with van der Waals surface area (Å²) in [5, 5.41) is 0. The summed E-state index contributed by atoms with van der Waals surface area (Å²) >= 11 is 0. The molecule has 0 rings (SSSR count). The molecular weight excluding hydrogens is 198 g/mol. The van der Waals surface area contributed by atoms with Crippen LogP contribution >= 0.6 is 0 Å². The standard InChI is InChI=1S/C13H29NSi/c1-6-11-15(10-5,12-7-2)14-13(8-3)9-4/h10,13-14H,5-9,11-12H2,1-4H3. The second-order valence-electron chi connectivity index (χ2n) is 4.52. The molecule has 0 unspecified atom stereocenters. The second kappa shape index (κ2) is 8.11. The summed E-state index contributed by atoms with van der Waals surface area (Å²) in [6.07, 6.45) is 5.05. The lowest BCUT2D eigenvalue weighted by Crippen LogP contribution is -2.53. The van der Waals surface area contributed by atoms with E-state index in [1.54, 1.807) is 0 Å². The maximum absolute atomic E-state index is 4.09. The summed E-state index contributed by atoms with van der Waals surface area (Å²) in [4.78, 5) is 3.94. The lowest BCUT2D eigenvalue weighted by Gasteiger charge is -2.33. The van der Waals surface area contributed by atoms with Crippen LogP contribution in [0.2, 0.25) is 12.1 Å². The summed E-state index contributed by atoms with van der Waals surface area (Å²) < 4.78 is 0. The predicted molar refractivity (Wildman–Crippen MR) is 73.7 cm³/mol. The summed E-state index contributed by atoms with van der Waals surface area (Å²) in [6, 6.07) is 3.40. The molecule has 0 atom stereocenters. The van der Waals surface area contributed by atoms with Crippen LogP contribution < -0.4 is 4.98 Å². The first-order chi connectivity index (χ1) is 7.17. The van der Waals surface area contributed by atoms with Crippen LogP contribution in [0.3, 0.4) is 0 Å². The topological polar surface area (TPSA) is 12.0 Å². The molecule has 1 nitrogen and oxygen atoms in total. The van der Waals surface area contributed by atoms with Crippen LogP contribution in [-0.2, 0) is 0 Å². The first-order valence-corrected chi connectivity index (χ1v) is 9.08. The molecule has 0 radical (unpaired) electrons. The predicted octanol–water partition coefficient (Wildman–Crippen LogP) is 4.26. The van der Waals surface area contributed by atoms with Gasteiger partial charge in [0, 0.05) is 6.04 Å². The largest absolute Gasteiger partial charge is 0.331 e. The average molecular weight is 227 g/mol. The van der Waals surface area contributed by atoms with E-state index in [-0.39, 0.29) is 0 Å². The highest BCUT2D eigenvalue weighted by molar-refractivity contribution is 6.82. The third-order valence-electron chi connectivity index (χ3n) is 3.26. The SMILES string of the molecule is C=C[Si](CCC)(CCC)NC(CC)CC. The lowest BCUT2D eigenvalue weighted by atomic mass is 10.2. The summed E-state index contributed by atoms with van der Waals surface area (Å²) in [7, 11) is -1.36. The molecule has 1 N–H and O–H groups in total. The van der Waals surface area contributed by atoms with Gasteiger partial charge in [0.2, 0.25) is 0 Å². The number of rotatable bonds is 9. The van der Waals surface area contributed by atoms with E-state index >= 15 is 0 Å². The van der Waals surface area contributed by atoms with E-state index in [1.807, 2.05) is 0 Å². The molecular formula is C13H29NSi. The van der Waals surface area contributed by atoms with Crippen molar-refractivity contribution in [1.29, 1.82) is 0 Å². The Morgan fingerprint density at radius 3 is 1.80 bits per heavy atom. The first-order valence-electron chi connectivity index (χ1n) is 6.59. The van der Waals surface area contributed by atoms with Crippen molar-refractivity contribution in [3.8, 4) is 0 Å². The zero-order valence-electron chi connectivity index (χ0n) is 11.1. The Kier molecular flexibility index (Phi) is 8.07. The normalized spacial score (nSPS) is 12.1. The van der Waals surface area contributed by atoms with Crippen LogP contribution in [0.4, 0.5) is 0 Å². The minimum Gasteiger partial charge on any atom is -0.331 e. The summed E-state index contributed by atoms with van der Waals surface area (Å²) in [6.45, 7) is 13.2. The van der Waals surface area contributed by atoms with E-state index in [2.05, 4.69) is 45.0 Å². The molecule has 0 amide bonds. The van der Waals surface area contributed by atoms with Gasteiger partial charge in [-0.3, -0.25) is 0 Å². The lowest BCUT2D eigenvalue weighted by molar-refractivity contribution is 0.566. The molecule has 0 aromatic rings. The minimum atomic E-state index is -1.36. The van der Waals surface area contributed by atoms with Crippen LogP contribution in [-0.4, -0.2) is 14.3 Å². The summed E-state index contributed by atoms with van der Waals surface area (Å²) in [5.41, 5.74) is 2.28. The molecule has 90 valence electrons. The van der Waals surface area contributed by atoms with Crippen molar-refractivity contribution in [3.05, 3.63) is 12.3 Å². The van der Waals surface area contributed by atoms with Crippen LogP contribution in [0.5, 0.6) is 0 Å². The van der Waals surface area contributed by atoms with Gasteiger partial charge in [-0.15, -0.1) is 6.58 Å². The smallest absolute Gasteiger partial charge is 0.150 e. The Labute approximate surface area is 97.4 Å². The number of hydrogen-bond donors (Lipinski definition) is 1. The highest BCUT2D eigenvalue weighted by Gasteiger charge is 2.29. The molecule has 0 aromatic carbocycles. The van der Waals surface area contributed by atoms with Crippen molar-refractivity contribution in [2.24, 2.45) is 0 Å². The Bertz CT molecular complexity index is 158. The molecule has 0 fully saturated rings. The quantitative estimate of drug-likeness (QED) is 0.581. The average Bonchev–Trinajstić information content (AvgIpc) is 2.26. The van der Waals surface area contributed by atoms with Crippen molar-refractivity contribution < 1.29 is 0 Å². The summed E-state index contributed by atoms with van der Waals surface area (Å²) in [5.74, 6) is 0. The Morgan fingerprint density at radius 1 is 1.07 bits per heavy atom. The molecule has 15 heavy (non-hydrogen) atoms. The fraction of sp³-hybridized carbons (Fsp3) is 0.846. The number of nitrogens with one attached hydrogen (secondary N) is 1. The van der Waals surface area contributed by atoms with Gasteiger partial charge in [-0.2, -0.15) is 0 Å². The van der Waals surface area contributed by atoms with Crippen LogP contribution in [0, 0.1) is 0 Å². The van der Waals surface area contributed by atoms with Crippen molar-refractivity contribution in [2.45, 2.75) is 71.5 Å². The molecule has 0 saturated carbocycles. The van der Waals surface area contributed by atoms with Gasteiger partial charge in [0.05, 0.1) is 0 Å². The fourth-order valence-electron chi connectivity index (χ4n) is 2.32. The molecule has 2 heteroatoms. The van der Waals surface area contributed by atoms with Gasteiger partial charge in [-0.1, -0.05) is 46.2 Å². The van der Waals surface area contributed by atoms with E-state index in [0.29, 0.717) is 6.04 Å². The molecule has 0 bridgehead atoms. The van der Waals surface area contributed by atoms with Gasteiger partial charge >= 0.3 is 0 Å². The van der Waals surface area contributed by atoms with Gasteiger partial charge in [0.1, 0.15) is 8.24 Å². The maximum atomic E-state index is 4.09. The molecule has 0 heterocycles. The van der Waals surface area contributed by atoms with E-state index in [9.17, 15) is 0 Å². The van der Waals surface area contributed by atoms with E-state index < -0.39 is 8.24 Å². The van der Waals surface area contributed by atoms with Gasteiger partial charge in [0.15, 0.2) is 0 Å². The molecule has 0 spiro atoms. The highest BCUT2D eigenvalue weighted by Crippen LogP contribution is 2.20. The van der Waals surface area contributed by atoms with Gasteiger partial charge in [-0.25, -0.2) is 0 Å². The Balaban J connectivity index is 4.50. The van der Waals surface area contributed by atoms with Gasteiger partial charge < -0.3 is 4.98 Å². The third kappa shape index (κ3) is 4.98. The maximum Gasteiger partial charge on any atom is 0.150 e. The Hall–Kier alpha value is -0.0831. The zero-order valence-corrected chi connectivity index (χ0v) is 12.1. The van der Waals surface area contributed by atoms with E-state index in [1.165, 1.54) is 37.8 Å². The number of hydrogen-bond acceptors (Lipinski definition) is 1. The third-order valence-corrected chi connectivity index (χ3v) is 7.81. The monoisotopic (exact) mass is 227 g/mol. The van der Waals surface area contributed by atoms with Crippen molar-refractivity contribution >= 4 is 8.24 Å². The van der Waals surface area contributed by atoms with E-state index in [0.717, 1.165) is 0 Å². The molecule has 0 aliphatic rings. The molecule has 0 aromatic heterocycles. The Morgan fingerprint density at radius 2 is 1.53 bits per heavy atom. The van der Waals surface area contributed by atoms with Crippen LogP contribution in [0.1, 0.15) is 53.4 Å². The molecule has 0 aliphatic heterocycles. The van der Waals surface area contributed by atoms with Gasteiger partial charge in [0.25, 0.3) is 0 Å². The van der Waals surface area contributed by atoms with Crippen molar-refractivity contribution in [3.63, 3.8) is 0 Å². The first kappa shape index (κ1) is 14.9. The van der Waals surface area contributed by atoms with Gasteiger partial charge in [-0.05, 0) is 24.9 Å². The fourth-order valence-corrected chi connectivity index (χ4v) is 6.39. The zero-order chi connectivity index (χ0) is 11.7. The second-order valence-corrected chi connectivity index (χ2v) is 8.53. The molecule has 0 saturated heterocycles.